The minimum atomic E-state index is -0.319. The average Bonchev–Trinajstić information content (AvgIpc) is 2.51. The summed E-state index contributed by atoms with van der Waals surface area (Å²) in [6, 6.07) is 9.84. The molecule has 0 fully saturated rings. The van der Waals surface area contributed by atoms with Gasteiger partial charge in [-0.15, -0.1) is 0 Å². The highest BCUT2D eigenvalue weighted by molar-refractivity contribution is 6.31. The fraction of sp³-hybridized carbons (Fsp3) is 0.125. The van der Waals surface area contributed by atoms with Crippen molar-refractivity contribution in [1.29, 1.82) is 0 Å². The van der Waals surface area contributed by atoms with Crippen molar-refractivity contribution >= 4 is 22.6 Å². The fourth-order valence-corrected chi connectivity index (χ4v) is 2.69. The molecule has 1 N–H and O–H groups in total. The molecule has 1 aromatic heterocycles. The Morgan fingerprint density at radius 3 is 2.71 bits per heavy atom. The molecular weight excluding hydrogens is 289 g/mol. The van der Waals surface area contributed by atoms with E-state index in [1.54, 1.807) is 25.5 Å². The molecule has 0 aliphatic heterocycles. The second kappa shape index (κ2) is 5.76. The molecule has 1 heterocycles. The smallest absolute Gasteiger partial charge is 0.123 e. The molecule has 106 valence electrons. The summed E-state index contributed by atoms with van der Waals surface area (Å²) in [5, 5.41) is 3.69. The summed E-state index contributed by atoms with van der Waals surface area (Å²) >= 11 is 6.23. The average molecular weight is 302 g/mol. The third-order valence-electron chi connectivity index (χ3n) is 3.40. The van der Waals surface area contributed by atoms with Crippen LogP contribution in [0.3, 0.4) is 0 Å². The molecule has 1 atom stereocenters. The van der Waals surface area contributed by atoms with E-state index in [-0.39, 0.29) is 11.9 Å². The normalized spacial score (nSPS) is 12.5. The first kappa shape index (κ1) is 13.9. The first-order valence-electron chi connectivity index (χ1n) is 6.52. The molecule has 0 aliphatic carbocycles. The first-order chi connectivity index (χ1) is 10.2. The highest BCUT2D eigenvalue weighted by Gasteiger charge is 2.19. The van der Waals surface area contributed by atoms with Gasteiger partial charge in [-0.05, 0) is 36.9 Å². The van der Waals surface area contributed by atoms with Gasteiger partial charge in [-0.2, -0.15) is 0 Å². The minimum absolute atomic E-state index is 0.256. The van der Waals surface area contributed by atoms with Crippen LogP contribution in [0.5, 0.6) is 0 Å². The fourth-order valence-electron chi connectivity index (χ4n) is 2.46. The maximum Gasteiger partial charge on any atom is 0.123 e. The summed E-state index contributed by atoms with van der Waals surface area (Å²) in [6.45, 7) is 0. The van der Waals surface area contributed by atoms with Crippen LogP contribution in [0.15, 0.2) is 48.8 Å². The van der Waals surface area contributed by atoms with Crippen LogP contribution < -0.4 is 5.32 Å². The second-order valence-corrected chi connectivity index (χ2v) is 5.07. The molecule has 0 amide bonds. The van der Waals surface area contributed by atoms with Crippen LogP contribution in [0.25, 0.3) is 11.0 Å². The second-order valence-electron chi connectivity index (χ2n) is 4.66. The van der Waals surface area contributed by atoms with Crippen LogP contribution in [-0.4, -0.2) is 17.0 Å². The maximum absolute atomic E-state index is 13.6. The molecule has 0 spiro atoms. The van der Waals surface area contributed by atoms with Crippen molar-refractivity contribution in [2.75, 3.05) is 7.05 Å². The number of halogens is 2. The van der Waals surface area contributed by atoms with Gasteiger partial charge >= 0.3 is 0 Å². The van der Waals surface area contributed by atoms with Crippen LogP contribution in [0.4, 0.5) is 4.39 Å². The van der Waals surface area contributed by atoms with Crippen LogP contribution in [0.1, 0.15) is 17.2 Å². The quantitative estimate of drug-likeness (QED) is 0.801. The summed E-state index contributed by atoms with van der Waals surface area (Å²) in [7, 11) is 1.81. The predicted molar refractivity (Wildman–Crippen MR) is 81.9 cm³/mol. The molecule has 3 aromatic rings. The Labute approximate surface area is 126 Å². The third kappa shape index (κ3) is 2.60. The number of nitrogens with one attached hydrogen (secondary N) is 1. The SMILES string of the molecule is CNC(c1cc(F)ccc1Cl)c1cccc2nccnc12. The molecule has 0 saturated heterocycles. The van der Waals surface area contributed by atoms with Crippen molar-refractivity contribution in [1.82, 2.24) is 15.3 Å². The lowest BCUT2D eigenvalue weighted by Gasteiger charge is -2.19. The van der Waals surface area contributed by atoms with E-state index in [1.165, 1.54) is 12.1 Å². The summed E-state index contributed by atoms with van der Waals surface area (Å²) in [5.41, 5.74) is 3.16. The number of para-hydroxylation sites is 1. The van der Waals surface area contributed by atoms with Crippen LogP contribution >= 0.6 is 11.6 Å². The number of hydrogen-bond acceptors (Lipinski definition) is 3. The van der Waals surface area contributed by atoms with Crippen LogP contribution in [-0.2, 0) is 0 Å². The number of hydrogen-bond donors (Lipinski definition) is 1. The number of benzene rings is 2. The Balaban J connectivity index is 2.21. The molecule has 3 nitrogen and oxygen atoms in total. The summed E-state index contributed by atoms with van der Waals surface area (Å²) < 4.78 is 13.6. The first-order valence-corrected chi connectivity index (χ1v) is 6.90. The highest BCUT2D eigenvalue weighted by atomic mass is 35.5. The number of rotatable bonds is 3. The molecule has 0 aliphatic rings. The molecule has 21 heavy (non-hydrogen) atoms. The Hall–Kier alpha value is -2.04. The van der Waals surface area contributed by atoms with Crippen LogP contribution in [0, 0.1) is 5.82 Å². The van der Waals surface area contributed by atoms with Gasteiger partial charge in [0, 0.05) is 23.0 Å². The Kier molecular flexibility index (Phi) is 3.82. The van der Waals surface area contributed by atoms with E-state index >= 15 is 0 Å². The van der Waals surface area contributed by atoms with Crippen molar-refractivity contribution in [2.24, 2.45) is 0 Å². The van der Waals surface area contributed by atoms with Gasteiger partial charge in [-0.1, -0.05) is 23.7 Å². The Morgan fingerprint density at radius 1 is 1.10 bits per heavy atom. The Bertz CT molecular complexity index is 786. The van der Waals surface area contributed by atoms with Crippen LogP contribution in [0.2, 0.25) is 5.02 Å². The monoisotopic (exact) mass is 301 g/mol. The lowest BCUT2D eigenvalue weighted by Crippen LogP contribution is -2.19. The van der Waals surface area contributed by atoms with Crippen molar-refractivity contribution in [3.05, 3.63) is 70.8 Å². The molecule has 3 rings (SSSR count). The summed E-state index contributed by atoms with van der Waals surface area (Å²) in [4.78, 5) is 8.68. The number of nitrogens with zero attached hydrogens (tertiary/aromatic N) is 2. The lowest BCUT2D eigenvalue weighted by atomic mass is 9.97. The van der Waals surface area contributed by atoms with Gasteiger partial charge in [-0.3, -0.25) is 9.97 Å². The van der Waals surface area contributed by atoms with E-state index in [1.807, 2.05) is 18.2 Å². The molecule has 1 unspecified atom stereocenters. The molecule has 5 heteroatoms. The van der Waals surface area contributed by atoms with Crippen molar-refractivity contribution < 1.29 is 4.39 Å². The zero-order valence-corrected chi connectivity index (χ0v) is 12.1. The van der Waals surface area contributed by atoms with Gasteiger partial charge < -0.3 is 5.32 Å². The third-order valence-corrected chi connectivity index (χ3v) is 3.74. The van der Waals surface area contributed by atoms with Crippen molar-refractivity contribution in [3.63, 3.8) is 0 Å². The maximum atomic E-state index is 13.6. The minimum Gasteiger partial charge on any atom is -0.309 e. The molecule has 0 radical (unpaired) electrons. The van der Waals surface area contributed by atoms with Gasteiger partial charge in [0.25, 0.3) is 0 Å². The van der Waals surface area contributed by atoms with Crippen molar-refractivity contribution in [2.45, 2.75) is 6.04 Å². The van der Waals surface area contributed by atoms with Gasteiger partial charge in [0.1, 0.15) is 5.82 Å². The van der Waals surface area contributed by atoms with Crippen molar-refractivity contribution in [3.8, 4) is 0 Å². The molecule has 0 saturated carbocycles. The number of aromatic nitrogens is 2. The summed E-state index contributed by atoms with van der Waals surface area (Å²) in [5.74, 6) is -0.319. The lowest BCUT2D eigenvalue weighted by molar-refractivity contribution is 0.617. The number of fused-ring (bicyclic) bond motifs is 1. The largest absolute Gasteiger partial charge is 0.309 e. The van der Waals surface area contributed by atoms with Gasteiger partial charge in [0.05, 0.1) is 17.1 Å². The molecule has 0 bridgehead atoms. The standard InChI is InChI=1S/C16H13ClFN3/c1-19-15(12-9-10(18)5-6-13(12)17)11-3-2-4-14-16(11)21-8-7-20-14/h2-9,15,19H,1H3. The zero-order chi connectivity index (χ0) is 14.8. The van der Waals surface area contributed by atoms with Gasteiger partial charge in [-0.25, -0.2) is 4.39 Å². The van der Waals surface area contributed by atoms with E-state index < -0.39 is 0 Å². The van der Waals surface area contributed by atoms with E-state index in [4.69, 9.17) is 11.6 Å². The van der Waals surface area contributed by atoms with E-state index in [9.17, 15) is 4.39 Å². The summed E-state index contributed by atoms with van der Waals surface area (Å²) in [6.07, 6.45) is 3.29. The molecular formula is C16H13ClFN3. The predicted octanol–water partition coefficient (Wildman–Crippen LogP) is 3.73. The highest BCUT2D eigenvalue weighted by Crippen LogP contribution is 2.31. The topological polar surface area (TPSA) is 37.8 Å². The zero-order valence-electron chi connectivity index (χ0n) is 11.3. The van der Waals surface area contributed by atoms with Gasteiger partial charge in [0.2, 0.25) is 0 Å². The van der Waals surface area contributed by atoms with E-state index in [2.05, 4.69) is 15.3 Å². The molecule has 2 aromatic carbocycles. The van der Waals surface area contributed by atoms with Gasteiger partial charge in [0.15, 0.2) is 0 Å². The van der Waals surface area contributed by atoms with E-state index in [0.29, 0.717) is 10.6 Å². The van der Waals surface area contributed by atoms with E-state index in [0.717, 1.165) is 16.6 Å². The Morgan fingerprint density at radius 2 is 1.90 bits per heavy atom.